The molecule has 0 amide bonds. The number of para-hydroxylation sites is 1. The van der Waals surface area contributed by atoms with Crippen LogP contribution in [0.4, 0.5) is 0 Å². The fraction of sp³-hybridized carbons (Fsp3) is 0.364. The summed E-state index contributed by atoms with van der Waals surface area (Å²) >= 11 is 0. The quantitative estimate of drug-likeness (QED) is 0.824. The summed E-state index contributed by atoms with van der Waals surface area (Å²) in [7, 11) is 2.07. The molecule has 2 aromatic rings. The van der Waals surface area contributed by atoms with Gasteiger partial charge in [0.1, 0.15) is 5.75 Å². The molecule has 3 aliphatic rings. The van der Waals surface area contributed by atoms with Crippen LogP contribution in [-0.4, -0.2) is 60.1 Å². The molecule has 144 valence electrons. The molecule has 1 unspecified atom stereocenters. The minimum absolute atomic E-state index is 0.000631. The van der Waals surface area contributed by atoms with Crippen LogP contribution in [0.3, 0.4) is 0 Å². The zero-order valence-corrected chi connectivity index (χ0v) is 16.0. The fourth-order valence-corrected chi connectivity index (χ4v) is 4.12. The summed E-state index contributed by atoms with van der Waals surface area (Å²) in [6.07, 6.45) is 8.70. The third kappa shape index (κ3) is 3.19. The molecule has 28 heavy (non-hydrogen) atoms. The largest absolute Gasteiger partial charge is 0.493 e. The third-order valence-electron chi connectivity index (χ3n) is 5.58. The highest BCUT2D eigenvalue weighted by molar-refractivity contribution is 6.08. The molecule has 3 aliphatic heterocycles. The van der Waals surface area contributed by atoms with E-state index in [1.54, 1.807) is 12.4 Å². The Kier molecular flexibility index (Phi) is 4.58. The van der Waals surface area contributed by atoms with Crippen molar-refractivity contribution < 1.29 is 9.47 Å². The maximum atomic E-state index is 6.14. The second kappa shape index (κ2) is 7.37. The molecule has 0 spiro atoms. The van der Waals surface area contributed by atoms with Crippen LogP contribution in [0.15, 0.2) is 60.0 Å². The molecule has 0 N–H and O–H groups in total. The fourth-order valence-electron chi connectivity index (χ4n) is 4.12. The van der Waals surface area contributed by atoms with Crippen molar-refractivity contribution in [3.8, 4) is 5.75 Å². The number of aliphatic imine (C=N–C) groups is 1. The van der Waals surface area contributed by atoms with Crippen LogP contribution in [0, 0.1) is 0 Å². The standard InChI is InChI=1S/C22H24N4O2/c1-25-11-7-19(16-5-9-23-10-6-16)24-22(25)26-12-14-27-20(15-26)18-4-2-3-17-8-13-28-21(17)18/h2-7,9-11,20,22H,8,12-15H2,1H3/t20?,22-/m1/s1. The van der Waals surface area contributed by atoms with Crippen molar-refractivity contribution in [2.24, 2.45) is 4.99 Å². The van der Waals surface area contributed by atoms with Crippen molar-refractivity contribution in [3.05, 3.63) is 71.7 Å². The number of benzene rings is 1. The van der Waals surface area contributed by atoms with Gasteiger partial charge in [0.05, 0.1) is 25.0 Å². The molecule has 1 fully saturated rings. The highest BCUT2D eigenvalue weighted by Crippen LogP contribution is 2.36. The molecule has 2 atom stereocenters. The number of fused-ring (bicyclic) bond motifs is 1. The first-order valence-electron chi connectivity index (χ1n) is 9.78. The van der Waals surface area contributed by atoms with Gasteiger partial charge in [-0.2, -0.15) is 0 Å². The van der Waals surface area contributed by atoms with Crippen LogP contribution < -0.4 is 4.74 Å². The molecule has 0 saturated carbocycles. The van der Waals surface area contributed by atoms with E-state index in [1.165, 1.54) is 5.56 Å². The van der Waals surface area contributed by atoms with Gasteiger partial charge in [0.25, 0.3) is 0 Å². The minimum atomic E-state index is -0.0442. The van der Waals surface area contributed by atoms with E-state index < -0.39 is 0 Å². The number of pyridine rings is 1. The van der Waals surface area contributed by atoms with Crippen molar-refractivity contribution in [3.63, 3.8) is 0 Å². The van der Waals surface area contributed by atoms with Crippen LogP contribution in [-0.2, 0) is 11.2 Å². The predicted octanol–water partition coefficient (Wildman–Crippen LogP) is 2.62. The number of hydrogen-bond acceptors (Lipinski definition) is 6. The minimum Gasteiger partial charge on any atom is -0.493 e. The predicted molar refractivity (Wildman–Crippen MR) is 107 cm³/mol. The first-order chi connectivity index (χ1) is 13.8. The highest BCUT2D eigenvalue weighted by Gasteiger charge is 2.32. The van der Waals surface area contributed by atoms with Crippen LogP contribution in [0.2, 0.25) is 0 Å². The Bertz CT molecular complexity index is 912. The summed E-state index contributed by atoms with van der Waals surface area (Å²) in [4.78, 5) is 13.7. The Morgan fingerprint density at radius 2 is 2.00 bits per heavy atom. The Labute approximate surface area is 165 Å². The molecule has 0 bridgehead atoms. The van der Waals surface area contributed by atoms with Crippen molar-refractivity contribution >= 4 is 5.71 Å². The van der Waals surface area contributed by atoms with Gasteiger partial charge in [0.15, 0.2) is 6.29 Å². The van der Waals surface area contributed by atoms with Crippen molar-refractivity contribution in [2.45, 2.75) is 18.8 Å². The third-order valence-corrected chi connectivity index (χ3v) is 5.58. The van der Waals surface area contributed by atoms with E-state index in [0.29, 0.717) is 6.61 Å². The van der Waals surface area contributed by atoms with E-state index in [9.17, 15) is 0 Å². The van der Waals surface area contributed by atoms with Crippen molar-refractivity contribution in [2.75, 3.05) is 33.4 Å². The molecule has 5 rings (SSSR count). The number of aromatic nitrogens is 1. The Balaban J connectivity index is 1.40. The van der Waals surface area contributed by atoms with E-state index in [4.69, 9.17) is 14.5 Å². The lowest BCUT2D eigenvalue weighted by Crippen LogP contribution is -2.50. The smallest absolute Gasteiger partial charge is 0.178 e. The summed E-state index contributed by atoms with van der Waals surface area (Å²) in [5.74, 6) is 1.02. The van der Waals surface area contributed by atoms with Gasteiger partial charge in [-0.15, -0.1) is 0 Å². The summed E-state index contributed by atoms with van der Waals surface area (Å²) in [5.41, 5.74) is 4.52. The van der Waals surface area contributed by atoms with Gasteiger partial charge in [0, 0.05) is 56.3 Å². The molecule has 0 radical (unpaired) electrons. The molecule has 1 aromatic carbocycles. The van der Waals surface area contributed by atoms with Gasteiger partial charge in [-0.3, -0.25) is 9.88 Å². The Morgan fingerprint density at radius 3 is 2.89 bits per heavy atom. The van der Waals surface area contributed by atoms with Gasteiger partial charge in [0.2, 0.25) is 0 Å². The summed E-state index contributed by atoms with van der Waals surface area (Å²) in [6.45, 7) is 3.08. The molecule has 1 aromatic heterocycles. The normalized spacial score (nSPS) is 24.6. The Hall–Kier alpha value is -2.70. The average molecular weight is 376 g/mol. The number of rotatable bonds is 3. The van der Waals surface area contributed by atoms with E-state index >= 15 is 0 Å². The molecule has 0 aliphatic carbocycles. The topological polar surface area (TPSA) is 50.2 Å². The molecule has 6 nitrogen and oxygen atoms in total. The molecular formula is C22H24N4O2. The first kappa shape index (κ1) is 17.4. The van der Waals surface area contributed by atoms with Gasteiger partial charge in [-0.25, -0.2) is 4.99 Å². The molecule has 4 heterocycles. The van der Waals surface area contributed by atoms with Crippen LogP contribution >= 0.6 is 0 Å². The lowest BCUT2D eigenvalue weighted by molar-refractivity contribution is -0.0639. The number of morpholine rings is 1. The van der Waals surface area contributed by atoms with E-state index in [1.807, 2.05) is 12.1 Å². The van der Waals surface area contributed by atoms with Crippen LogP contribution in [0.5, 0.6) is 5.75 Å². The van der Waals surface area contributed by atoms with E-state index in [2.05, 4.69) is 52.3 Å². The molecular weight excluding hydrogens is 352 g/mol. The number of nitrogens with zero attached hydrogens (tertiary/aromatic N) is 4. The number of hydrogen-bond donors (Lipinski definition) is 0. The molecule has 6 heteroatoms. The first-order valence-corrected chi connectivity index (χ1v) is 9.78. The van der Waals surface area contributed by atoms with Crippen LogP contribution in [0.25, 0.3) is 0 Å². The molecule has 1 saturated heterocycles. The second-order valence-corrected chi connectivity index (χ2v) is 7.37. The maximum absolute atomic E-state index is 6.14. The van der Waals surface area contributed by atoms with Gasteiger partial charge < -0.3 is 14.4 Å². The highest BCUT2D eigenvalue weighted by atomic mass is 16.5. The van der Waals surface area contributed by atoms with Crippen molar-refractivity contribution in [1.29, 1.82) is 0 Å². The van der Waals surface area contributed by atoms with E-state index in [-0.39, 0.29) is 12.4 Å². The van der Waals surface area contributed by atoms with Crippen LogP contribution in [0.1, 0.15) is 22.8 Å². The zero-order valence-electron chi connectivity index (χ0n) is 16.0. The maximum Gasteiger partial charge on any atom is 0.178 e. The average Bonchev–Trinajstić information content (AvgIpc) is 3.24. The lowest BCUT2D eigenvalue weighted by Gasteiger charge is -2.41. The zero-order chi connectivity index (χ0) is 18.9. The van der Waals surface area contributed by atoms with Gasteiger partial charge in [-0.05, 0) is 23.8 Å². The van der Waals surface area contributed by atoms with Gasteiger partial charge in [-0.1, -0.05) is 18.2 Å². The Morgan fingerprint density at radius 1 is 1.11 bits per heavy atom. The number of ether oxygens (including phenoxy) is 2. The summed E-state index contributed by atoms with van der Waals surface area (Å²) < 4.78 is 12.0. The second-order valence-electron chi connectivity index (χ2n) is 7.37. The monoisotopic (exact) mass is 376 g/mol. The van der Waals surface area contributed by atoms with E-state index in [0.717, 1.165) is 48.7 Å². The lowest BCUT2D eigenvalue weighted by atomic mass is 10.0. The summed E-state index contributed by atoms with van der Waals surface area (Å²) in [5, 5.41) is 0. The summed E-state index contributed by atoms with van der Waals surface area (Å²) in [6, 6.07) is 10.4. The van der Waals surface area contributed by atoms with Crippen molar-refractivity contribution in [1.82, 2.24) is 14.8 Å². The SMILES string of the molecule is CN1C=CC(c2ccncc2)=N[C@H]1N1CCOC(c2cccc3c2OCC3)C1. The number of allylic oxidation sites excluding steroid dienone is 1. The van der Waals surface area contributed by atoms with Gasteiger partial charge >= 0.3 is 0 Å².